The molecule has 0 saturated carbocycles. The quantitative estimate of drug-likeness (QED) is 0.670. The minimum Gasteiger partial charge on any atom is -0.358 e. The van der Waals surface area contributed by atoms with Crippen LogP contribution in [0, 0.1) is 13.8 Å². The number of carbonyl (C=O) groups excluding carboxylic acids is 2. The molecule has 0 aliphatic rings. The highest BCUT2D eigenvalue weighted by atomic mass is 79.9. The summed E-state index contributed by atoms with van der Waals surface area (Å²) in [6.07, 6.45) is 0. The number of rotatable bonds is 4. The summed E-state index contributed by atoms with van der Waals surface area (Å²) in [7, 11) is 1.63. The molecular weight excluding hydrogens is 394 g/mol. The molecular formula is C20H20BrN3O2. The SMILES string of the molecule is Cc1[nH]c2ccc(C(=O)N(C)CC(=O)Nc3ccccc3Br)cc2c1C. The lowest BCUT2D eigenvalue weighted by Gasteiger charge is -2.17. The van der Waals surface area contributed by atoms with Crippen molar-refractivity contribution >= 4 is 44.3 Å². The number of nitrogens with zero attached hydrogens (tertiary/aromatic N) is 1. The number of aryl methyl sites for hydroxylation is 2. The number of benzene rings is 2. The van der Waals surface area contributed by atoms with Gasteiger partial charge in [-0.1, -0.05) is 12.1 Å². The Morgan fingerprint density at radius 1 is 1.15 bits per heavy atom. The minimum atomic E-state index is -0.248. The Morgan fingerprint density at radius 2 is 1.88 bits per heavy atom. The van der Waals surface area contributed by atoms with Gasteiger partial charge in [0.1, 0.15) is 0 Å². The van der Waals surface area contributed by atoms with Crippen LogP contribution in [-0.4, -0.2) is 35.3 Å². The van der Waals surface area contributed by atoms with E-state index in [1.807, 2.05) is 44.2 Å². The first-order chi connectivity index (χ1) is 12.4. The van der Waals surface area contributed by atoms with Crippen molar-refractivity contribution in [2.24, 2.45) is 0 Å². The largest absolute Gasteiger partial charge is 0.358 e. The van der Waals surface area contributed by atoms with Gasteiger partial charge in [0.25, 0.3) is 5.91 Å². The Labute approximate surface area is 160 Å². The van der Waals surface area contributed by atoms with E-state index in [9.17, 15) is 9.59 Å². The molecule has 0 aliphatic carbocycles. The third kappa shape index (κ3) is 3.65. The summed E-state index contributed by atoms with van der Waals surface area (Å²) < 4.78 is 0.797. The van der Waals surface area contributed by atoms with Gasteiger partial charge >= 0.3 is 0 Å². The number of para-hydroxylation sites is 1. The maximum atomic E-state index is 12.7. The molecule has 0 bridgehead atoms. The summed E-state index contributed by atoms with van der Waals surface area (Å²) in [4.78, 5) is 29.6. The van der Waals surface area contributed by atoms with Crippen LogP contribution in [0.2, 0.25) is 0 Å². The first kappa shape index (κ1) is 18.2. The van der Waals surface area contributed by atoms with E-state index in [1.54, 1.807) is 19.2 Å². The molecule has 2 aromatic carbocycles. The van der Waals surface area contributed by atoms with E-state index in [1.165, 1.54) is 4.90 Å². The molecule has 0 unspecified atom stereocenters. The summed E-state index contributed by atoms with van der Waals surface area (Å²) in [6, 6.07) is 12.9. The lowest BCUT2D eigenvalue weighted by molar-refractivity contribution is -0.116. The lowest BCUT2D eigenvalue weighted by Crippen LogP contribution is -2.35. The average Bonchev–Trinajstić information content (AvgIpc) is 2.90. The van der Waals surface area contributed by atoms with Crippen molar-refractivity contribution in [1.29, 1.82) is 0 Å². The number of aromatic amines is 1. The molecule has 0 fully saturated rings. The molecule has 3 aromatic rings. The number of nitrogens with one attached hydrogen (secondary N) is 2. The number of amides is 2. The summed E-state index contributed by atoms with van der Waals surface area (Å²) in [5.41, 5.74) is 4.47. The summed E-state index contributed by atoms with van der Waals surface area (Å²) in [5.74, 6) is -0.435. The number of halogens is 1. The molecule has 134 valence electrons. The fraction of sp³-hybridized carbons (Fsp3) is 0.200. The molecule has 5 nitrogen and oxygen atoms in total. The van der Waals surface area contributed by atoms with E-state index in [4.69, 9.17) is 0 Å². The number of hydrogen-bond donors (Lipinski definition) is 2. The van der Waals surface area contributed by atoms with Crippen LogP contribution in [0.3, 0.4) is 0 Å². The molecule has 0 aliphatic heterocycles. The second-order valence-electron chi connectivity index (χ2n) is 6.32. The van der Waals surface area contributed by atoms with E-state index in [0.717, 1.165) is 26.6 Å². The Hall–Kier alpha value is -2.60. The van der Waals surface area contributed by atoms with Crippen LogP contribution >= 0.6 is 15.9 Å². The molecule has 6 heteroatoms. The van der Waals surface area contributed by atoms with E-state index in [-0.39, 0.29) is 18.4 Å². The van der Waals surface area contributed by atoms with E-state index < -0.39 is 0 Å². The summed E-state index contributed by atoms with van der Waals surface area (Å²) >= 11 is 3.39. The Bertz CT molecular complexity index is 994. The standard InChI is InChI=1S/C20H20BrN3O2/c1-12-13(2)22-17-9-8-14(10-15(12)17)20(26)24(3)11-19(25)23-18-7-5-4-6-16(18)21/h4-10,22H,11H2,1-3H3,(H,23,25). The van der Waals surface area contributed by atoms with Gasteiger partial charge in [-0.3, -0.25) is 9.59 Å². The van der Waals surface area contributed by atoms with Gasteiger partial charge in [0.05, 0.1) is 12.2 Å². The number of carbonyl (C=O) groups is 2. The fourth-order valence-corrected chi connectivity index (χ4v) is 3.24. The van der Waals surface area contributed by atoms with Gasteiger partial charge < -0.3 is 15.2 Å². The minimum absolute atomic E-state index is 0.0245. The van der Waals surface area contributed by atoms with Crippen molar-refractivity contribution in [3.63, 3.8) is 0 Å². The molecule has 1 aromatic heterocycles. The zero-order chi connectivity index (χ0) is 18.8. The normalized spacial score (nSPS) is 10.8. The first-order valence-electron chi connectivity index (χ1n) is 8.25. The van der Waals surface area contributed by atoms with Gasteiger partial charge in [-0.2, -0.15) is 0 Å². The van der Waals surface area contributed by atoms with E-state index in [0.29, 0.717) is 11.3 Å². The van der Waals surface area contributed by atoms with Crippen LogP contribution in [0.15, 0.2) is 46.9 Å². The second kappa shape index (κ2) is 7.33. The molecule has 0 atom stereocenters. The van der Waals surface area contributed by atoms with Gasteiger partial charge in [0.15, 0.2) is 0 Å². The highest BCUT2D eigenvalue weighted by Gasteiger charge is 2.17. The smallest absolute Gasteiger partial charge is 0.254 e. The zero-order valence-electron chi connectivity index (χ0n) is 14.9. The van der Waals surface area contributed by atoms with Crippen molar-refractivity contribution in [2.45, 2.75) is 13.8 Å². The van der Waals surface area contributed by atoms with Crippen LogP contribution in [0.1, 0.15) is 21.6 Å². The van der Waals surface area contributed by atoms with Crippen molar-refractivity contribution < 1.29 is 9.59 Å². The molecule has 2 N–H and O–H groups in total. The predicted octanol–water partition coefficient (Wildman–Crippen LogP) is 4.26. The molecule has 26 heavy (non-hydrogen) atoms. The van der Waals surface area contributed by atoms with Crippen molar-refractivity contribution in [1.82, 2.24) is 9.88 Å². The van der Waals surface area contributed by atoms with Crippen LogP contribution in [0.5, 0.6) is 0 Å². The zero-order valence-corrected chi connectivity index (χ0v) is 16.5. The number of anilines is 1. The van der Waals surface area contributed by atoms with Crippen LogP contribution < -0.4 is 5.32 Å². The van der Waals surface area contributed by atoms with Gasteiger partial charge in [-0.05, 0) is 65.7 Å². The predicted molar refractivity (Wildman–Crippen MR) is 108 cm³/mol. The lowest BCUT2D eigenvalue weighted by atomic mass is 10.1. The Kier molecular flexibility index (Phi) is 5.13. The summed E-state index contributed by atoms with van der Waals surface area (Å²) in [5, 5.41) is 3.83. The molecule has 0 spiro atoms. The summed E-state index contributed by atoms with van der Waals surface area (Å²) in [6.45, 7) is 4.01. The monoisotopic (exact) mass is 413 g/mol. The fourth-order valence-electron chi connectivity index (χ4n) is 2.85. The number of H-pyrrole nitrogens is 1. The van der Waals surface area contributed by atoms with Gasteiger partial charge in [-0.15, -0.1) is 0 Å². The van der Waals surface area contributed by atoms with Crippen molar-refractivity contribution in [2.75, 3.05) is 18.9 Å². The van der Waals surface area contributed by atoms with Crippen LogP contribution in [0.4, 0.5) is 5.69 Å². The van der Waals surface area contributed by atoms with Gasteiger partial charge in [-0.25, -0.2) is 0 Å². The van der Waals surface area contributed by atoms with Gasteiger partial charge in [0, 0.05) is 33.7 Å². The maximum absolute atomic E-state index is 12.7. The highest BCUT2D eigenvalue weighted by Crippen LogP contribution is 2.23. The Morgan fingerprint density at radius 3 is 2.62 bits per heavy atom. The molecule has 1 heterocycles. The number of aromatic nitrogens is 1. The highest BCUT2D eigenvalue weighted by molar-refractivity contribution is 9.10. The molecule has 0 saturated heterocycles. The number of hydrogen-bond acceptors (Lipinski definition) is 2. The van der Waals surface area contributed by atoms with Gasteiger partial charge in [0.2, 0.25) is 5.91 Å². The van der Waals surface area contributed by atoms with Crippen LogP contribution in [0.25, 0.3) is 10.9 Å². The topological polar surface area (TPSA) is 65.2 Å². The molecule has 3 rings (SSSR count). The van der Waals surface area contributed by atoms with E-state index in [2.05, 4.69) is 26.2 Å². The maximum Gasteiger partial charge on any atom is 0.254 e. The third-order valence-corrected chi connectivity index (χ3v) is 5.12. The van der Waals surface area contributed by atoms with Crippen molar-refractivity contribution in [3.8, 4) is 0 Å². The Balaban J connectivity index is 1.72. The van der Waals surface area contributed by atoms with E-state index >= 15 is 0 Å². The van der Waals surface area contributed by atoms with Crippen molar-refractivity contribution in [3.05, 3.63) is 63.8 Å². The third-order valence-electron chi connectivity index (χ3n) is 4.43. The molecule has 0 radical (unpaired) electrons. The molecule has 2 amide bonds. The first-order valence-corrected chi connectivity index (χ1v) is 9.05. The average molecular weight is 414 g/mol. The number of fused-ring (bicyclic) bond motifs is 1. The van der Waals surface area contributed by atoms with Crippen LogP contribution in [-0.2, 0) is 4.79 Å². The second-order valence-corrected chi connectivity index (χ2v) is 7.18. The number of likely N-dealkylation sites (N-methyl/N-ethyl adjacent to an activating group) is 1.